The highest BCUT2D eigenvalue weighted by Gasteiger charge is 2.06. The van der Waals surface area contributed by atoms with E-state index in [-0.39, 0.29) is 24.5 Å². The molecule has 0 unspecified atom stereocenters. The molecule has 0 fully saturated rings. The van der Waals surface area contributed by atoms with Gasteiger partial charge in [0.25, 0.3) is 0 Å². The van der Waals surface area contributed by atoms with E-state index in [2.05, 4.69) is 5.32 Å². The van der Waals surface area contributed by atoms with E-state index in [1.54, 1.807) is 18.2 Å². The number of carbonyl (C=O) groups excluding carboxylic acids is 2. The third-order valence-electron chi connectivity index (χ3n) is 1.78. The Morgan fingerprint density at radius 3 is 2.53 bits per heavy atom. The minimum Gasteiger partial charge on any atom is -0.506 e. The van der Waals surface area contributed by atoms with Gasteiger partial charge in [0.2, 0.25) is 11.8 Å². The minimum absolute atomic E-state index is 0.000567. The number of hydrogen-bond donors (Lipinski definition) is 3. The maximum atomic E-state index is 11.2. The molecule has 0 aliphatic heterocycles. The lowest BCUT2D eigenvalue weighted by Crippen LogP contribution is -2.17. The van der Waals surface area contributed by atoms with Crippen LogP contribution in [-0.4, -0.2) is 16.9 Å². The first-order chi connectivity index (χ1) is 7.09. The van der Waals surface area contributed by atoms with Crippen molar-refractivity contribution in [3.8, 4) is 5.75 Å². The molecule has 0 aliphatic rings. The summed E-state index contributed by atoms with van der Waals surface area (Å²) >= 11 is 0. The number of primary amides is 1. The molecule has 1 rings (SSSR count). The van der Waals surface area contributed by atoms with Crippen molar-refractivity contribution >= 4 is 17.5 Å². The van der Waals surface area contributed by atoms with Crippen molar-refractivity contribution in [3.63, 3.8) is 0 Å². The molecular formula is C10H12N2O3. The Labute approximate surface area is 86.9 Å². The fourth-order valence-corrected chi connectivity index (χ4v) is 1.03. The first kappa shape index (κ1) is 11.0. The molecular weight excluding hydrogens is 196 g/mol. The second-order valence-corrected chi connectivity index (χ2v) is 3.03. The highest BCUT2D eigenvalue weighted by molar-refractivity contribution is 5.94. The van der Waals surface area contributed by atoms with Gasteiger partial charge in [0, 0.05) is 12.8 Å². The SMILES string of the molecule is NC(=O)CCC(=O)Nc1ccccc1O. The van der Waals surface area contributed by atoms with Gasteiger partial charge >= 0.3 is 0 Å². The second kappa shape index (κ2) is 4.99. The number of hydrogen-bond acceptors (Lipinski definition) is 3. The number of aromatic hydroxyl groups is 1. The molecule has 1 aromatic carbocycles. The number of nitrogens with two attached hydrogens (primary N) is 1. The van der Waals surface area contributed by atoms with E-state index >= 15 is 0 Å². The molecule has 4 N–H and O–H groups in total. The summed E-state index contributed by atoms with van der Waals surface area (Å²) in [6, 6.07) is 6.36. The third kappa shape index (κ3) is 3.68. The number of benzene rings is 1. The lowest BCUT2D eigenvalue weighted by atomic mass is 10.2. The highest BCUT2D eigenvalue weighted by Crippen LogP contribution is 2.21. The van der Waals surface area contributed by atoms with Crippen LogP contribution in [0.3, 0.4) is 0 Å². The van der Waals surface area contributed by atoms with Crippen molar-refractivity contribution in [2.24, 2.45) is 5.73 Å². The van der Waals surface area contributed by atoms with Gasteiger partial charge in [-0.3, -0.25) is 9.59 Å². The molecule has 2 amide bonds. The molecule has 0 heterocycles. The van der Waals surface area contributed by atoms with Crippen LogP contribution in [0, 0.1) is 0 Å². The summed E-state index contributed by atoms with van der Waals surface area (Å²) in [5.74, 6) is -0.886. The topological polar surface area (TPSA) is 92.4 Å². The Morgan fingerprint density at radius 1 is 1.27 bits per heavy atom. The molecule has 1 aromatic rings. The molecule has 0 aromatic heterocycles. The van der Waals surface area contributed by atoms with Crippen molar-refractivity contribution in [1.82, 2.24) is 0 Å². The molecule has 0 atom stereocenters. The summed E-state index contributed by atoms with van der Waals surface area (Å²) < 4.78 is 0. The summed E-state index contributed by atoms with van der Waals surface area (Å²) in [6.45, 7) is 0. The van der Waals surface area contributed by atoms with Crippen LogP contribution < -0.4 is 11.1 Å². The zero-order valence-corrected chi connectivity index (χ0v) is 8.06. The van der Waals surface area contributed by atoms with Gasteiger partial charge < -0.3 is 16.2 Å². The van der Waals surface area contributed by atoms with Crippen LogP contribution in [-0.2, 0) is 9.59 Å². The standard InChI is InChI=1S/C10H12N2O3/c11-9(14)5-6-10(15)12-7-3-1-2-4-8(7)13/h1-4,13H,5-6H2,(H2,11,14)(H,12,15). The van der Waals surface area contributed by atoms with E-state index in [9.17, 15) is 14.7 Å². The van der Waals surface area contributed by atoms with E-state index in [0.29, 0.717) is 5.69 Å². The second-order valence-electron chi connectivity index (χ2n) is 3.03. The summed E-state index contributed by atoms with van der Waals surface area (Å²) in [5.41, 5.74) is 5.22. The average Bonchev–Trinajstić information content (AvgIpc) is 2.18. The van der Waals surface area contributed by atoms with Crippen molar-refractivity contribution in [1.29, 1.82) is 0 Å². The fourth-order valence-electron chi connectivity index (χ4n) is 1.03. The number of nitrogens with one attached hydrogen (secondary N) is 1. The van der Waals surface area contributed by atoms with Crippen LogP contribution in [0.4, 0.5) is 5.69 Å². The zero-order chi connectivity index (χ0) is 11.3. The first-order valence-electron chi connectivity index (χ1n) is 4.45. The number of carbonyl (C=O) groups is 2. The molecule has 15 heavy (non-hydrogen) atoms. The van der Waals surface area contributed by atoms with Crippen LogP contribution in [0.1, 0.15) is 12.8 Å². The van der Waals surface area contributed by atoms with Crippen molar-refractivity contribution < 1.29 is 14.7 Å². The molecule has 0 saturated carbocycles. The van der Waals surface area contributed by atoms with Crippen LogP contribution >= 0.6 is 0 Å². The molecule has 0 aliphatic carbocycles. The Bertz CT molecular complexity index is 377. The maximum Gasteiger partial charge on any atom is 0.224 e. The third-order valence-corrected chi connectivity index (χ3v) is 1.78. The quantitative estimate of drug-likeness (QED) is 0.632. The van der Waals surface area contributed by atoms with E-state index < -0.39 is 5.91 Å². The number of phenolic OH excluding ortho intramolecular Hbond substituents is 1. The predicted octanol–water partition coefficient (Wildman–Crippen LogP) is 0.596. The summed E-state index contributed by atoms with van der Waals surface area (Å²) in [4.78, 5) is 21.7. The van der Waals surface area contributed by atoms with Crippen LogP contribution in [0.25, 0.3) is 0 Å². The number of para-hydroxylation sites is 2. The molecule has 0 spiro atoms. The Morgan fingerprint density at radius 2 is 1.93 bits per heavy atom. The summed E-state index contributed by atoms with van der Waals surface area (Å²) in [7, 11) is 0. The van der Waals surface area contributed by atoms with Gasteiger partial charge in [0.1, 0.15) is 5.75 Å². The van der Waals surface area contributed by atoms with Gasteiger partial charge in [0.05, 0.1) is 5.69 Å². The van der Waals surface area contributed by atoms with Gasteiger partial charge in [-0.15, -0.1) is 0 Å². The van der Waals surface area contributed by atoms with Crippen LogP contribution in [0.15, 0.2) is 24.3 Å². The van der Waals surface area contributed by atoms with Crippen LogP contribution in [0.5, 0.6) is 5.75 Å². The molecule has 0 radical (unpaired) electrons. The lowest BCUT2D eigenvalue weighted by molar-refractivity contribution is -0.122. The normalized spacial score (nSPS) is 9.60. The van der Waals surface area contributed by atoms with E-state index in [0.717, 1.165) is 0 Å². The molecule has 5 nitrogen and oxygen atoms in total. The van der Waals surface area contributed by atoms with Gasteiger partial charge in [0.15, 0.2) is 0 Å². The minimum atomic E-state index is -0.526. The van der Waals surface area contributed by atoms with Crippen molar-refractivity contribution in [2.75, 3.05) is 5.32 Å². The fraction of sp³-hybridized carbons (Fsp3) is 0.200. The summed E-state index contributed by atoms with van der Waals surface area (Å²) in [5, 5.41) is 11.8. The van der Waals surface area contributed by atoms with Gasteiger partial charge in [-0.1, -0.05) is 12.1 Å². The number of amides is 2. The monoisotopic (exact) mass is 208 g/mol. The predicted molar refractivity (Wildman–Crippen MR) is 55.2 cm³/mol. The van der Waals surface area contributed by atoms with E-state index in [1.807, 2.05) is 0 Å². The maximum absolute atomic E-state index is 11.2. The summed E-state index contributed by atoms with van der Waals surface area (Å²) in [6.07, 6.45) is 0.0170. The van der Waals surface area contributed by atoms with E-state index in [1.165, 1.54) is 6.07 Å². The Balaban J connectivity index is 2.52. The van der Waals surface area contributed by atoms with Gasteiger partial charge in [-0.2, -0.15) is 0 Å². The molecule has 0 saturated heterocycles. The van der Waals surface area contributed by atoms with Gasteiger partial charge in [-0.25, -0.2) is 0 Å². The lowest BCUT2D eigenvalue weighted by Gasteiger charge is -2.05. The number of anilines is 1. The molecule has 80 valence electrons. The van der Waals surface area contributed by atoms with Gasteiger partial charge in [-0.05, 0) is 12.1 Å². The number of rotatable bonds is 4. The van der Waals surface area contributed by atoms with Crippen molar-refractivity contribution in [3.05, 3.63) is 24.3 Å². The molecule has 5 heteroatoms. The Hall–Kier alpha value is -2.04. The first-order valence-corrected chi connectivity index (χ1v) is 4.45. The van der Waals surface area contributed by atoms with Crippen LogP contribution in [0.2, 0.25) is 0 Å². The smallest absolute Gasteiger partial charge is 0.224 e. The number of phenols is 1. The zero-order valence-electron chi connectivity index (χ0n) is 8.06. The van der Waals surface area contributed by atoms with Crippen molar-refractivity contribution in [2.45, 2.75) is 12.8 Å². The average molecular weight is 208 g/mol. The largest absolute Gasteiger partial charge is 0.506 e. The molecule has 0 bridgehead atoms. The van der Waals surface area contributed by atoms with E-state index in [4.69, 9.17) is 5.73 Å². The highest BCUT2D eigenvalue weighted by atomic mass is 16.3. The Kier molecular flexibility index (Phi) is 3.68.